The van der Waals surface area contributed by atoms with E-state index >= 15 is 0 Å². The van der Waals surface area contributed by atoms with E-state index in [0.717, 1.165) is 22.4 Å². The van der Waals surface area contributed by atoms with Crippen LogP contribution in [-0.2, 0) is 0 Å². The molecule has 3 rings (SSSR count). The Hall–Kier alpha value is -2.01. The number of hydrogen-bond donors (Lipinski definition) is 1. The molecule has 0 bridgehead atoms. The van der Waals surface area contributed by atoms with E-state index in [4.69, 9.17) is 12.2 Å². The van der Waals surface area contributed by atoms with Gasteiger partial charge in [-0.3, -0.25) is 14.6 Å². The number of fused-ring (bicyclic) bond motifs is 1. The van der Waals surface area contributed by atoms with Crippen LogP contribution < -0.4 is 0 Å². The van der Waals surface area contributed by atoms with Crippen molar-refractivity contribution in [2.24, 2.45) is 0 Å². The summed E-state index contributed by atoms with van der Waals surface area (Å²) in [6.07, 6.45) is 1.83. The van der Waals surface area contributed by atoms with Crippen LogP contribution in [0, 0.1) is 4.77 Å². The third-order valence-corrected chi connectivity index (χ3v) is 3.32. The predicted octanol–water partition coefficient (Wildman–Crippen LogP) is 3.60. The lowest BCUT2D eigenvalue weighted by molar-refractivity contribution is 0.743. The van der Waals surface area contributed by atoms with Gasteiger partial charge >= 0.3 is 0 Å². The third kappa shape index (κ3) is 2.06. The van der Waals surface area contributed by atoms with Crippen molar-refractivity contribution in [3.8, 4) is 5.69 Å². The Bertz CT molecular complexity index is 785. The Morgan fingerprint density at radius 2 is 2.05 bits per heavy atom. The topological polar surface area (TPSA) is 46.5 Å². The van der Waals surface area contributed by atoms with Gasteiger partial charge in [0.2, 0.25) is 0 Å². The largest absolute Gasteiger partial charge is 0.270 e. The molecule has 0 fully saturated rings. The maximum absolute atomic E-state index is 5.31. The number of nitrogens with one attached hydrogen (secondary N) is 1. The number of aromatic nitrogens is 4. The molecule has 0 amide bonds. The predicted molar refractivity (Wildman–Crippen MR) is 78.1 cm³/mol. The second kappa shape index (κ2) is 4.59. The maximum atomic E-state index is 5.31. The normalized spacial score (nSPS) is 11.3. The number of rotatable bonds is 2. The third-order valence-electron chi connectivity index (χ3n) is 3.05. The second-order valence-corrected chi connectivity index (χ2v) is 5.15. The number of para-hydroxylation sites is 1. The number of H-pyrrole nitrogens is 1. The summed E-state index contributed by atoms with van der Waals surface area (Å²) in [5.74, 6) is 1.21. The Morgan fingerprint density at radius 1 is 1.26 bits per heavy atom. The SMILES string of the molecule is CC(C)c1n[nH]c(=S)n1-c1cnc2ccccc2c1. The fourth-order valence-corrected chi connectivity index (χ4v) is 2.37. The molecule has 96 valence electrons. The zero-order valence-corrected chi connectivity index (χ0v) is 11.6. The highest BCUT2D eigenvalue weighted by Crippen LogP contribution is 2.20. The van der Waals surface area contributed by atoms with Crippen molar-refractivity contribution in [1.82, 2.24) is 19.7 Å². The van der Waals surface area contributed by atoms with Gasteiger partial charge in [0, 0.05) is 11.3 Å². The van der Waals surface area contributed by atoms with E-state index in [-0.39, 0.29) is 0 Å². The molecular formula is C14H14N4S. The van der Waals surface area contributed by atoms with Crippen molar-refractivity contribution < 1.29 is 0 Å². The molecule has 0 unspecified atom stereocenters. The van der Waals surface area contributed by atoms with Crippen molar-refractivity contribution >= 4 is 23.1 Å². The fourth-order valence-electron chi connectivity index (χ4n) is 2.13. The molecule has 0 atom stereocenters. The first-order valence-electron chi connectivity index (χ1n) is 6.19. The minimum Gasteiger partial charge on any atom is -0.270 e. The molecule has 19 heavy (non-hydrogen) atoms. The van der Waals surface area contributed by atoms with Gasteiger partial charge in [-0.1, -0.05) is 32.0 Å². The van der Waals surface area contributed by atoms with Gasteiger partial charge in [0.15, 0.2) is 4.77 Å². The summed E-state index contributed by atoms with van der Waals surface area (Å²) in [6.45, 7) is 4.19. The molecule has 0 saturated carbocycles. The molecule has 4 nitrogen and oxygen atoms in total. The van der Waals surface area contributed by atoms with Crippen molar-refractivity contribution in [3.63, 3.8) is 0 Å². The monoisotopic (exact) mass is 270 g/mol. The van der Waals surface area contributed by atoms with Crippen LogP contribution in [0.15, 0.2) is 36.5 Å². The number of benzene rings is 1. The van der Waals surface area contributed by atoms with Gasteiger partial charge in [0.05, 0.1) is 17.4 Å². The molecular weight excluding hydrogens is 256 g/mol. The molecule has 2 aromatic heterocycles. The van der Waals surface area contributed by atoms with Gasteiger partial charge < -0.3 is 0 Å². The van der Waals surface area contributed by atoms with Gasteiger partial charge in [-0.25, -0.2) is 0 Å². The number of aromatic amines is 1. The van der Waals surface area contributed by atoms with Crippen LogP contribution >= 0.6 is 12.2 Å². The first-order valence-corrected chi connectivity index (χ1v) is 6.60. The standard InChI is InChI=1S/C14H14N4S/c1-9(2)13-16-17-14(19)18(13)11-7-10-5-3-4-6-12(10)15-8-11/h3-9H,1-2H3,(H,17,19). The van der Waals surface area contributed by atoms with Gasteiger partial charge in [0.1, 0.15) is 5.82 Å². The molecule has 0 aliphatic heterocycles. The fraction of sp³-hybridized carbons (Fsp3) is 0.214. The molecule has 3 aromatic rings. The summed E-state index contributed by atoms with van der Waals surface area (Å²) in [5.41, 5.74) is 1.92. The van der Waals surface area contributed by atoms with E-state index < -0.39 is 0 Å². The molecule has 0 spiro atoms. The second-order valence-electron chi connectivity index (χ2n) is 4.76. The summed E-state index contributed by atoms with van der Waals surface area (Å²) in [5, 5.41) is 8.24. The lowest BCUT2D eigenvalue weighted by Crippen LogP contribution is -2.03. The molecule has 0 aliphatic rings. The van der Waals surface area contributed by atoms with Crippen LogP contribution in [0.4, 0.5) is 0 Å². The van der Waals surface area contributed by atoms with Crippen LogP contribution in [0.1, 0.15) is 25.6 Å². The Balaban J connectivity index is 2.24. The van der Waals surface area contributed by atoms with Crippen molar-refractivity contribution in [2.75, 3.05) is 0 Å². The van der Waals surface area contributed by atoms with Crippen molar-refractivity contribution in [3.05, 3.63) is 47.1 Å². The van der Waals surface area contributed by atoms with E-state index in [9.17, 15) is 0 Å². The smallest absolute Gasteiger partial charge is 0.199 e. The maximum Gasteiger partial charge on any atom is 0.199 e. The zero-order valence-electron chi connectivity index (χ0n) is 10.8. The van der Waals surface area contributed by atoms with Gasteiger partial charge in [-0.05, 0) is 24.4 Å². The molecule has 0 aliphatic carbocycles. The Labute approximate surface area is 116 Å². The van der Waals surface area contributed by atoms with Crippen LogP contribution in [0.25, 0.3) is 16.6 Å². The molecule has 0 saturated heterocycles. The van der Waals surface area contributed by atoms with E-state index in [1.165, 1.54) is 0 Å². The first-order chi connectivity index (χ1) is 9.16. The van der Waals surface area contributed by atoms with Crippen LogP contribution in [-0.4, -0.2) is 19.7 Å². The van der Waals surface area contributed by atoms with Crippen LogP contribution in [0.3, 0.4) is 0 Å². The minimum atomic E-state index is 0.291. The highest BCUT2D eigenvalue weighted by molar-refractivity contribution is 7.71. The molecule has 5 heteroatoms. The molecule has 1 aromatic carbocycles. The number of hydrogen-bond acceptors (Lipinski definition) is 3. The average Bonchev–Trinajstić information content (AvgIpc) is 2.80. The summed E-state index contributed by atoms with van der Waals surface area (Å²) in [4.78, 5) is 4.47. The number of pyridine rings is 1. The lowest BCUT2D eigenvalue weighted by atomic mass is 10.2. The van der Waals surface area contributed by atoms with E-state index in [1.807, 2.05) is 35.0 Å². The van der Waals surface area contributed by atoms with Crippen molar-refractivity contribution in [2.45, 2.75) is 19.8 Å². The van der Waals surface area contributed by atoms with Crippen molar-refractivity contribution in [1.29, 1.82) is 0 Å². The van der Waals surface area contributed by atoms with Crippen LogP contribution in [0.5, 0.6) is 0 Å². The quantitative estimate of drug-likeness (QED) is 0.724. The van der Waals surface area contributed by atoms with Crippen LogP contribution in [0.2, 0.25) is 0 Å². The van der Waals surface area contributed by atoms with E-state index in [1.54, 1.807) is 0 Å². The Kier molecular flexibility index (Phi) is 2.91. The van der Waals surface area contributed by atoms with E-state index in [0.29, 0.717) is 10.7 Å². The lowest BCUT2D eigenvalue weighted by Gasteiger charge is -2.09. The molecule has 0 radical (unpaired) electrons. The minimum absolute atomic E-state index is 0.291. The molecule has 1 N–H and O–H groups in total. The average molecular weight is 270 g/mol. The summed E-state index contributed by atoms with van der Waals surface area (Å²) in [6, 6.07) is 10.1. The summed E-state index contributed by atoms with van der Waals surface area (Å²) in [7, 11) is 0. The Morgan fingerprint density at radius 3 is 2.84 bits per heavy atom. The number of nitrogens with zero attached hydrogens (tertiary/aromatic N) is 3. The van der Waals surface area contributed by atoms with Gasteiger partial charge in [-0.2, -0.15) is 5.10 Å². The van der Waals surface area contributed by atoms with Gasteiger partial charge in [0.25, 0.3) is 0 Å². The summed E-state index contributed by atoms with van der Waals surface area (Å²) < 4.78 is 2.54. The highest BCUT2D eigenvalue weighted by Gasteiger charge is 2.12. The van der Waals surface area contributed by atoms with Gasteiger partial charge in [-0.15, -0.1) is 0 Å². The van der Waals surface area contributed by atoms with E-state index in [2.05, 4.69) is 35.1 Å². The highest BCUT2D eigenvalue weighted by atomic mass is 32.1. The summed E-state index contributed by atoms with van der Waals surface area (Å²) >= 11 is 5.31. The molecule has 2 heterocycles. The first kappa shape index (κ1) is 12.0. The zero-order chi connectivity index (χ0) is 13.4.